The molecule has 0 spiro atoms. The van der Waals surface area contributed by atoms with Gasteiger partial charge in [0.05, 0.1) is 7.11 Å². The molecule has 2 aromatic rings. The Balaban J connectivity index is 1.97. The second-order valence-electron chi connectivity index (χ2n) is 4.57. The van der Waals surface area contributed by atoms with E-state index in [0.717, 1.165) is 31.6 Å². The molecule has 0 fully saturated rings. The molecule has 0 radical (unpaired) electrons. The van der Waals surface area contributed by atoms with E-state index in [4.69, 9.17) is 9.84 Å². The zero-order valence-electron chi connectivity index (χ0n) is 10.9. The maximum absolute atomic E-state index is 8.72. The average Bonchev–Trinajstić information content (AvgIpc) is 2.81. The van der Waals surface area contributed by atoms with E-state index in [1.165, 1.54) is 17.3 Å². The van der Waals surface area contributed by atoms with Gasteiger partial charge in [0.1, 0.15) is 5.75 Å². The molecular formula is C15H21NO2. The van der Waals surface area contributed by atoms with Gasteiger partial charge in [-0.05, 0) is 37.1 Å². The van der Waals surface area contributed by atoms with Crippen LogP contribution in [0.3, 0.4) is 0 Å². The van der Waals surface area contributed by atoms with Gasteiger partial charge in [0, 0.05) is 30.3 Å². The summed E-state index contributed by atoms with van der Waals surface area (Å²) in [6.45, 7) is 1.35. The molecule has 18 heavy (non-hydrogen) atoms. The number of hydrogen-bond donors (Lipinski definition) is 1. The fourth-order valence-electron chi connectivity index (χ4n) is 2.25. The number of aliphatic hydroxyl groups excluding tert-OH is 1. The van der Waals surface area contributed by atoms with Crippen molar-refractivity contribution >= 4 is 10.9 Å². The molecule has 98 valence electrons. The van der Waals surface area contributed by atoms with Gasteiger partial charge in [-0.1, -0.05) is 12.8 Å². The van der Waals surface area contributed by atoms with E-state index in [-0.39, 0.29) is 0 Å². The van der Waals surface area contributed by atoms with Crippen LogP contribution in [0, 0.1) is 0 Å². The van der Waals surface area contributed by atoms with E-state index in [1.54, 1.807) is 7.11 Å². The Morgan fingerprint density at radius 2 is 1.94 bits per heavy atom. The Hall–Kier alpha value is -1.48. The zero-order chi connectivity index (χ0) is 12.8. The lowest BCUT2D eigenvalue weighted by Crippen LogP contribution is -1.96. The number of nitrogens with zero attached hydrogens (tertiary/aromatic N) is 1. The first-order valence-corrected chi connectivity index (χ1v) is 6.59. The number of ether oxygens (including phenoxy) is 1. The third-order valence-electron chi connectivity index (χ3n) is 3.29. The van der Waals surface area contributed by atoms with Gasteiger partial charge < -0.3 is 14.4 Å². The summed E-state index contributed by atoms with van der Waals surface area (Å²) in [4.78, 5) is 0. The second-order valence-corrected chi connectivity index (χ2v) is 4.57. The molecule has 0 amide bonds. The maximum Gasteiger partial charge on any atom is 0.119 e. The molecule has 1 aromatic carbocycles. The second kappa shape index (κ2) is 6.45. The van der Waals surface area contributed by atoms with E-state index in [0.29, 0.717) is 6.61 Å². The number of aliphatic hydroxyl groups is 1. The van der Waals surface area contributed by atoms with Crippen molar-refractivity contribution < 1.29 is 9.84 Å². The van der Waals surface area contributed by atoms with E-state index < -0.39 is 0 Å². The number of benzene rings is 1. The van der Waals surface area contributed by atoms with E-state index in [1.807, 2.05) is 6.07 Å². The maximum atomic E-state index is 8.72. The lowest BCUT2D eigenvalue weighted by atomic mass is 10.2. The summed E-state index contributed by atoms with van der Waals surface area (Å²) in [5.41, 5.74) is 1.26. The highest BCUT2D eigenvalue weighted by molar-refractivity contribution is 5.81. The molecule has 0 saturated carbocycles. The van der Waals surface area contributed by atoms with Crippen LogP contribution < -0.4 is 4.74 Å². The van der Waals surface area contributed by atoms with Crippen molar-refractivity contribution in [3.63, 3.8) is 0 Å². The van der Waals surface area contributed by atoms with Gasteiger partial charge in [-0.2, -0.15) is 0 Å². The monoisotopic (exact) mass is 247 g/mol. The van der Waals surface area contributed by atoms with Crippen molar-refractivity contribution in [3.8, 4) is 5.75 Å². The minimum Gasteiger partial charge on any atom is -0.497 e. The number of unbranched alkanes of at least 4 members (excludes halogenated alkanes) is 3. The van der Waals surface area contributed by atoms with Crippen molar-refractivity contribution in [1.29, 1.82) is 0 Å². The number of aromatic nitrogens is 1. The summed E-state index contributed by atoms with van der Waals surface area (Å²) >= 11 is 0. The first kappa shape index (κ1) is 13.0. The van der Waals surface area contributed by atoms with Gasteiger partial charge >= 0.3 is 0 Å². The zero-order valence-corrected chi connectivity index (χ0v) is 10.9. The van der Waals surface area contributed by atoms with Crippen LogP contribution in [-0.2, 0) is 6.54 Å². The average molecular weight is 247 g/mol. The molecule has 0 saturated heterocycles. The number of rotatable bonds is 7. The van der Waals surface area contributed by atoms with Gasteiger partial charge in [-0.25, -0.2) is 0 Å². The van der Waals surface area contributed by atoms with Gasteiger partial charge in [0.15, 0.2) is 0 Å². The highest BCUT2D eigenvalue weighted by Gasteiger charge is 2.02. The molecule has 0 unspecified atom stereocenters. The quantitative estimate of drug-likeness (QED) is 0.762. The van der Waals surface area contributed by atoms with E-state index >= 15 is 0 Å². The molecule has 1 aromatic heterocycles. The smallest absolute Gasteiger partial charge is 0.119 e. The standard InChI is InChI=1S/C15H21NO2/c1-18-14-6-7-15-13(12-14)8-10-16(15)9-4-2-3-5-11-17/h6-8,10,12,17H,2-5,9,11H2,1H3. The molecule has 0 atom stereocenters. The van der Waals surface area contributed by atoms with Crippen LogP contribution >= 0.6 is 0 Å². The molecular weight excluding hydrogens is 226 g/mol. The Morgan fingerprint density at radius 3 is 2.72 bits per heavy atom. The summed E-state index contributed by atoms with van der Waals surface area (Å²) in [5.74, 6) is 0.906. The highest BCUT2D eigenvalue weighted by Crippen LogP contribution is 2.22. The van der Waals surface area contributed by atoms with Crippen LogP contribution in [0.25, 0.3) is 10.9 Å². The van der Waals surface area contributed by atoms with Gasteiger partial charge in [-0.15, -0.1) is 0 Å². The van der Waals surface area contributed by atoms with Crippen molar-refractivity contribution in [1.82, 2.24) is 4.57 Å². The van der Waals surface area contributed by atoms with Crippen LogP contribution in [-0.4, -0.2) is 23.4 Å². The first-order chi connectivity index (χ1) is 8.85. The summed E-state index contributed by atoms with van der Waals surface area (Å²) < 4.78 is 7.51. The van der Waals surface area contributed by atoms with Crippen LogP contribution in [0.5, 0.6) is 5.75 Å². The van der Waals surface area contributed by atoms with Gasteiger partial charge in [0.25, 0.3) is 0 Å². The predicted molar refractivity (Wildman–Crippen MR) is 74.0 cm³/mol. The summed E-state index contributed by atoms with van der Waals surface area (Å²) in [7, 11) is 1.69. The fraction of sp³-hybridized carbons (Fsp3) is 0.467. The van der Waals surface area contributed by atoms with Crippen LogP contribution in [0.4, 0.5) is 0 Å². The summed E-state index contributed by atoms with van der Waals surface area (Å²) in [5, 5.41) is 9.95. The molecule has 0 bridgehead atoms. The van der Waals surface area contributed by atoms with Gasteiger partial charge in [-0.3, -0.25) is 0 Å². The van der Waals surface area contributed by atoms with Gasteiger partial charge in [0.2, 0.25) is 0 Å². The normalized spacial score (nSPS) is 11.0. The first-order valence-electron chi connectivity index (χ1n) is 6.59. The Kier molecular flexibility index (Phi) is 4.65. The lowest BCUT2D eigenvalue weighted by molar-refractivity contribution is 0.282. The SMILES string of the molecule is COc1ccc2c(ccn2CCCCCCO)c1. The molecule has 3 nitrogen and oxygen atoms in total. The van der Waals surface area contributed by atoms with Crippen LogP contribution in [0.2, 0.25) is 0 Å². The van der Waals surface area contributed by atoms with Crippen molar-refractivity contribution in [3.05, 3.63) is 30.5 Å². The molecule has 1 heterocycles. The molecule has 0 aliphatic rings. The third-order valence-corrected chi connectivity index (χ3v) is 3.29. The molecule has 1 N–H and O–H groups in total. The Bertz CT molecular complexity index is 490. The van der Waals surface area contributed by atoms with Crippen molar-refractivity contribution in [2.45, 2.75) is 32.2 Å². The minimum absolute atomic E-state index is 0.312. The number of fused-ring (bicyclic) bond motifs is 1. The van der Waals surface area contributed by atoms with Crippen molar-refractivity contribution in [2.24, 2.45) is 0 Å². The largest absolute Gasteiger partial charge is 0.497 e. The minimum atomic E-state index is 0.312. The van der Waals surface area contributed by atoms with Crippen LogP contribution in [0.1, 0.15) is 25.7 Å². The number of aryl methyl sites for hydroxylation is 1. The third kappa shape index (κ3) is 3.05. The van der Waals surface area contributed by atoms with E-state index in [9.17, 15) is 0 Å². The molecule has 3 heteroatoms. The topological polar surface area (TPSA) is 34.4 Å². The highest BCUT2D eigenvalue weighted by atomic mass is 16.5. The number of methoxy groups -OCH3 is 1. The van der Waals surface area contributed by atoms with Crippen molar-refractivity contribution in [2.75, 3.05) is 13.7 Å². The molecule has 0 aliphatic heterocycles. The molecule has 2 rings (SSSR count). The lowest BCUT2D eigenvalue weighted by Gasteiger charge is -2.06. The number of hydrogen-bond acceptors (Lipinski definition) is 2. The Labute approximate surface area is 108 Å². The van der Waals surface area contributed by atoms with E-state index in [2.05, 4.69) is 29.0 Å². The Morgan fingerprint density at radius 1 is 1.11 bits per heavy atom. The predicted octanol–water partition coefficient (Wildman–Crippen LogP) is 3.20. The summed E-state index contributed by atoms with van der Waals surface area (Å²) in [6, 6.07) is 8.32. The van der Waals surface area contributed by atoms with Crippen LogP contribution in [0.15, 0.2) is 30.5 Å². The fourth-order valence-corrected chi connectivity index (χ4v) is 2.25. The summed E-state index contributed by atoms with van der Waals surface area (Å²) in [6.07, 6.45) is 6.51. The molecule has 0 aliphatic carbocycles.